The molecule has 0 aliphatic rings. The van der Waals surface area contributed by atoms with Crippen LogP contribution < -0.4 is 0 Å². The molecule has 4 aromatic heterocycles. The van der Waals surface area contributed by atoms with E-state index in [2.05, 4.69) is 50.7 Å². The Labute approximate surface area is 408 Å². The van der Waals surface area contributed by atoms with Crippen LogP contribution in [-0.2, 0) is 60.6 Å². The monoisotopic (exact) mass is 1070 g/mol. The number of carboxylic acids is 1. The van der Waals surface area contributed by atoms with Crippen molar-refractivity contribution in [3.05, 3.63) is 96.3 Å². The Morgan fingerprint density at radius 1 is 0.652 bits per heavy atom. The highest BCUT2D eigenvalue weighted by atomic mass is 35.7. The molecule has 4 heterocycles. The quantitative estimate of drug-likeness (QED) is 0.0545. The molecular formula is C42H50Cl3N5O11S5. The van der Waals surface area contributed by atoms with E-state index in [4.69, 9.17) is 33.0 Å². The van der Waals surface area contributed by atoms with Crippen LogP contribution in [0.25, 0.3) is 42.0 Å². The molecular weight excluding hydrogens is 1020 g/mol. The van der Waals surface area contributed by atoms with Gasteiger partial charge in [0.2, 0.25) is 0 Å². The molecule has 16 nitrogen and oxygen atoms in total. The van der Waals surface area contributed by atoms with E-state index in [-0.39, 0.29) is 28.9 Å². The molecule has 24 heteroatoms. The summed E-state index contributed by atoms with van der Waals surface area (Å²) in [6.45, 7) is 13.5. The zero-order valence-electron chi connectivity index (χ0n) is 37.0. The van der Waals surface area contributed by atoms with Crippen LogP contribution in [0.15, 0.2) is 94.7 Å². The summed E-state index contributed by atoms with van der Waals surface area (Å²) in [6, 6.07) is 24.3. The number of hydrogen-bond acceptors (Lipinski definition) is 15. The van der Waals surface area contributed by atoms with E-state index in [1.165, 1.54) is 59.5 Å². The lowest BCUT2D eigenvalue weighted by Gasteiger charge is -2.13. The number of aryl methyl sites for hydroxylation is 2. The van der Waals surface area contributed by atoms with Gasteiger partial charge < -0.3 is 14.7 Å². The topological polar surface area (TPSA) is 214 Å². The zero-order valence-corrected chi connectivity index (χ0v) is 43.3. The van der Waals surface area contributed by atoms with Gasteiger partial charge in [-0.2, -0.15) is 18.6 Å². The number of aliphatic carboxylic acids is 1. The molecule has 1 N–H and O–H groups in total. The predicted octanol–water partition coefficient (Wildman–Crippen LogP) is 8.84. The SMILES string of the molecule is CCN(CC)CC.Cc1cc(-c2ccc(-c3cccc(S(C)(=O)=O)c3)s2)n(CC(=O)O)n1.Cc1cc(-c2ccc(-c3cccc(S(C)(=O)=O)c3)s2)n(CC(=O)OCCl)n1.O=S(=O)(Cl)OCCl. The van der Waals surface area contributed by atoms with Crippen LogP contribution in [0.1, 0.15) is 32.2 Å². The van der Waals surface area contributed by atoms with Gasteiger partial charge in [-0.3, -0.25) is 19.0 Å². The van der Waals surface area contributed by atoms with Gasteiger partial charge in [-0.05, 0) is 105 Å². The maximum atomic E-state index is 11.8. The van der Waals surface area contributed by atoms with Gasteiger partial charge in [-0.25, -0.2) is 21.0 Å². The summed E-state index contributed by atoms with van der Waals surface area (Å²) in [5.74, 6) is -1.42. The van der Waals surface area contributed by atoms with Crippen LogP contribution in [0.4, 0.5) is 0 Å². The molecule has 0 fully saturated rings. The highest BCUT2D eigenvalue weighted by molar-refractivity contribution is 8.10. The Morgan fingerprint density at radius 2 is 1.06 bits per heavy atom. The largest absolute Gasteiger partial charge is 0.480 e. The lowest BCUT2D eigenvalue weighted by Crippen LogP contribution is -2.21. The molecule has 0 aliphatic heterocycles. The fourth-order valence-electron chi connectivity index (χ4n) is 5.83. The molecule has 0 spiro atoms. The summed E-state index contributed by atoms with van der Waals surface area (Å²) in [5.41, 5.74) is 4.66. The Hall–Kier alpha value is -4.16. The fraction of sp³-hybridized carbons (Fsp3) is 0.333. The molecule has 0 aliphatic carbocycles. The van der Waals surface area contributed by atoms with Crippen molar-refractivity contribution >= 4 is 97.5 Å². The Kier molecular flexibility index (Phi) is 22.0. The number of aromatic nitrogens is 4. The van der Waals surface area contributed by atoms with Crippen molar-refractivity contribution in [2.75, 3.05) is 44.3 Å². The molecule has 0 saturated heterocycles. The molecule has 0 radical (unpaired) electrons. The summed E-state index contributed by atoms with van der Waals surface area (Å²) in [4.78, 5) is 29.3. The average molecular weight is 1070 g/mol. The lowest BCUT2D eigenvalue weighted by atomic mass is 10.2. The number of alkyl halides is 2. The van der Waals surface area contributed by atoms with Crippen molar-refractivity contribution in [3.63, 3.8) is 0 Å². The number of ether oxygens (including phenoxy) is 1. The number of sulfone groups is 2. The van der Waals surface area contributed by atoms with Crippen molar-refractivity contribution in [3.8, 4) is 42.0 Å². The van der Waals surface area contributed by atoms with Crippen molar-refractivity contribution in [1.82, 2.24) is 24.5 Å². The summed E-state index contributed by atoms with van der Waals surface area (Å²) in [7, 11) is -5.88. The van der Waals surface area contributed by atoms with E-state index in [9.17, 15) is 34.8 Å². The fourth-order valence-corrected chi connectivity index (χ4v) is 10.1. The van der Waals surface area contributed by atoms with E-state index in [1.54, 1.807) is 41.1 Å². The number of hydrogen-bond donors (Lipinski definition) is 1. The van der Waals surface area contributed by atoms with Gasteiger partial charge >= 0.3 is 21.3 Å². The molecule has 66 heavy (non-hydrogen) atoms. The maximum Gasteiger partial charge on any atom is 0.356 e. The first-order valence-corrected chi connectivity index (χ1v) is 28.4. The number of rotatable bonds is 16. The van der Waals surface area contributed by atoms with Gasteiger partial charge in [0.25, 0.3) is 0 Å². The molecule has 360 valence electrons. The van der Waals surface area contributed by atoms with Gasteiger partial charge in [0, 0.05) is 32.9 Å². The van der Waals surface area contributed by atoms with Crippen LogP contribution in [0, 0.1) is 13.8 Å². The molecule has 0 atom stereocenters. The first-order chi connectivity index (χ1) is 30.9. The number of thiophene rings is 2. The van der Waals surface area contributed by atoms with Crippen molar-refractivity contribution < 1.29 is 48.9 Å². The first-order valence-electron chi connectivity index (χ1n) is 19.6. The second-order valence-electron chi connectivity index (χ2n) is 13.8. The maximum absolute atomic E-state index is 11.8. The summed E-state index contributed by atoms with van der Waals surface area (Å²) >= 11 is 13.2. The Bertz CT molecular complexity index is 2890. The third-order valence-corrected chi connectivity index (χ3v) is 14.5. The third-order valence-electron chi connectivity index (χ3n) is 8.92. The minimum absolute atomic E-state index is 0.0350. The molecule has 0 bridgehead atoms. The first kappa shape index (κ1) is 56.2. The van der Waals surface area contributed by atoms with Crippen LogP contribution in [0.2, 0.25) is 0 Å². The van der Waals surface area contributed by atoms with E-state index in [1.807, 2.05) is 62.4 Å². The number of carbonyl (C=O) groups excluding carboxylic acids is 1. The van der Waals surface area contributed by atoms with Gasteiger partial charge in [-0.15, -0.1) is 22.7 Å². The highest BCUT2D eigenvalue weighted by Crippen LogP contribution is 2.37. The minimum Gasteiger partial charge on any atom is -0.480 e. The van der Waals surface area contributed by atoms with E-state index < -0.39 is 47.0 Å². The van der Waals surface area contributed by atoms with Crippen LogP contribution in [-0.4, -0.2) is 111 Å². The van der Waals surface area contributed by atoms with Crippen molar-refractivity contribution in [2.24, 2.45) is 0 Å². The molecule has 6 aromatic rings. The number of benzene rings is 2. The lowest BCUT2D eigenvalue weighted by molar-refractivity contribution is -0.142. The molecule has 2 aromatic carbocycles. The Morgan fingerprint density at radius 3 is 1.38 bits per heavy atom. The van der Waals surface area contributed by atoms with Crippen LogP contribution in [0.3, 0.4) is 0 Å². The van der Waals surface area contributed by atoms with E-state index in [0.29, 0.717) is 0 Å². The Balaban J connectivity index is 0.000000273. The van der Waals surface area contributed by atoms with Gasteiger partial charge in [0.15, 0.2) is 25.7 Å². The summed E-state index contributed by atoms with van der Waals surface area (Å²) in [5, 5.41) is 17.6. The molecule has 0 saturated carbocycles. The summed E-state index contributed by atoms with van der Waals surface area (Å²) < 4.78 is 78.0. The number of carbonyl (C=O) groups is 2. The van der Waals surface area contributed by atoms with Crippen molar-refractivity contribution in [1.29, 1.82) is 0 Å². The number of carboxylic acid groups (broad SMARTS) is 1. The normalized spacial score (nSPS) is 11.4. The van der Waals surface area contributed by atoms with E-state index in [0.717, 1.165) is 53.4 Å². The van der Waals surface area contributed by atoms with Crippen molar-refractivity contribution in [2.45, 2.75) is 57.5 Å². The standard InChI is InChI=1S/C18H17ClN2O4S2.C17H16N2O4S2.C6H15N.CH2Cl2O3S/c1-12-8-15(21(20-12)10-18(22)25-11-19)17-7-6-16(26-17)13-4-3-5-14(9-13)27(2,23)24;1-11-8-14(19(18-11)10-17(20)21)16-7-6-15(24-16)12-4-3-5-13(9-12)25(2,22)23;1-4-7(5-2)6-3;2-1-6-7(3,4)5/h3-9H,10-11H2,1-2H3;3-9H,10H2,1-2H3,(H,20,21);4-6H2,1-3H3;1H2. The van der Waals surface area contributed by atoms with Gasteiger partial charge in [-0.1, -0.05) is 68.2 Å². The average Bonchev–Trinajstić information content (AvgIpc) is 4.06. The molecule has 0 amide bonds. The second kappa shape index (κ2) is 25.8. The second-order valence-corrected chi connectivity index (χ2v) is 22.6. The van der Waals surface area contributed by atoms with Crippen LogP contribution >= 0.6 is 56.6 Å². The third kappa shape index (κ3) is 18.1. The smallest absolute Gasteiger partial charge is 0.356 e. The highest BCUT2D eigenvalue weighted by Gasteiger charge is 2.17. The minimum atomic E-state index is -3.83. The van der Waals surface area contributed by atoms with Gasteiger partial charge in [0.05, 0.1) is 42.3 Å². The number of halogens is 3. The number of esters is 1. The van der Waals surface area contributed by atoms with Gasteiger partial charge in [0.1, 0.15) is 19.2 Å². The van der Waals surface area contributed by atoms with E-state index >= 15 is 0 Å². The van der Waals surface area contributed by atoms with Crippen LogP contribution in [0.5, 0.6) is 0 Å². The summed E-state index contributed by atoms with van der Waals surface area (Å²) in [6.07, 6.45) is 2.37. The predicted molar refractivity (Wildman–Crippen MR) is 262 cm³/mol. The molecule has 0 unspecified atom stereocenters. The number of nitrogens with zero attached hydrogens (tertiary/aromatic N) is 5. The molecule has 6 rings (SSSR count). The zero-order chi connectivity index (χ0) is 49.4.